The van der Waals surface area contributed by atoms with E-state index in [2.05, 4.69) is 10.1 Å². The zero-order chi connectivity index (χ0) is 13.1. The highest BCUT2D eigenvalue weighted by Crippen LogP contribution is 2.15. The Balaban J connectivity index is 2.06. The Hall–Kier alpha value is -1.97. The number of pyridine rings is 1. The minimum absolute atomic E-state index is 0.130. The van der Waals surface area contributed by atoms with E-state index in [1.54, 1.807) is 24.5 Å². The molecule has 4 nitrogen and oxygen atoms in total. The summed E-state index contributed by atoms with van der Waals surface area (Å²) in [6.07, 6.45) is 4.52. The summed E-state index contributed by atoms with van der Waals surface area (Å²) in [5, 5.41) is 4.35. The van der Waals surface area contributed by atoms with Gasteiger partial charge < -0.3 is 0 Å². The lowest BCUT2D eigenvalue weighted by atomic mass is 10.0. The minimum Gasteiger partial charge on any atom is -0.294 e. The summed E-state index contributed by atoms with van der Waals surface area (Å²) in [7, 11) is 1.93. The van der Waals surface area contributed by atoms with Crippen LogP contribution in [-0.2, 0) is 13.5 Å². The van der Waals surface area contributed by atoms with Crippen LogP contribution in [0.15, 0.2) is 24.5 Å². The van der Waals surface area contributed by atoms with Crippen LogP contribution >= 0.6 is 0 Å². The van der Waals surface area contributed by atoms with Gasteiger partial charge in [0.25, 0.3) is 0 Å². The molecule has 0 fully saturated rings. The van der Waals surface area contributed by atoms with Gasteiger partial charge in [-0.2, -0.15) is 5.10 Å². The molecule has 0 bridgehead atoms. The molecule has 0 aliphatic rings. The van der Waals surface area contributed by atoms with Gasteiger partial charge in [-0.25, -0.2) is 0 Å². The number of aryl methyl sites for hydroxylation is 2. The fraction of sp³-hybridized carbons (Fsp3) is 0.357. The third-order valence-electron chi connectivity index (χ3n) is 3.24. The Morgan fingerprint density at radius 2 is 2.17 bits per heavy atom. The monoisotopic (exact) mass is 243 g/mol. The molecule has 2 aromatic rings. The third-order valence-corrected chi connectivity index (χ3v) is 3.24. The van der Waals surface area contributed by atoms with E-state index < -0.39 is 0 Å². The first-order valence-electron chi connectivity index (χ1n) is 6.02. The van der Waals surface area contributed by atoms with Crippen molar-refractivity contribution in [1.82, 2.24) is 14.8 Å². The second-order valence-electron chi connectivity index (χ2n) is 4.44. The van der Waals surface area contributed by atoms with Gasteiger partial charge in [0.1, 0.15) is 0 Å². The summed E-state index contributed by atoms with van der Waals surface area (Å²) < 4.78 is 1.86. The van der Waals surface area contributed by atoms with Crippen LogP contribution in [0, 0.1) is 13.8 Å². The average Bonchev–Trinajstić information content (AvgIpc) is 2.62. The Labute approximate surface area is 107 Å². The van der Waals surface area contributed by atoms with Crippen molar-refractivity contribution in [2.45, 2.75) is 26.7 Å². The first-order valence-corrected chi connectivity index (χ1v) is 6.02. The SMILES string of the molecule is Cc1nn(C)c(C)c1CCC(=O)c1cccnc1. The zero-order valence-corrected chi connectivity index (χ0v) is 11.0. The minimum atomic E-state index is 0.130. The highest BCUT2D eigenvalue weighted by molar-refractivity contribution is 5.95. The predicted octanol–water partition coefficient (Wildman–Crippen LogP) is 2.25. The number of carbonyl (C=O) groups is 1. The molecule has 2 rings (SSSR count). The molecule has 0 saturated carbocycles. The van der Waals surface area contributed by atoms with Crippen LogP contribution in [0.4, 0.5) is 0 Å². The molecule has 0 saturated heterocycles. The van der Waals surface area contributed by atoms with E-state index >= 15 is 0 Å². The van der Waals surface area contributed by atoms with E-state index in [-0.39, 0.29) is 5.78 Å². The zero-order valence-electron chi connectivity index (χ0n) is 11.0. The van der Waals surface area contributed by atoms with Crippen molar-refractivity contribution in [3.63, 3.8) is 0 Å². The summed E-state index contributed by atoms with van der Waals surface area (Å²) in [4.78, 5) is 15.9. The largest absolute Gasteiger partial charge is 0.294 e. The third kappa shape index (κ3) is 2.47. The van der Waals surface area contributed by atoms with E-state index in [0.29, 0.717) is 12.0 Å². The van der Waals surface area contributed by atoms with Gasteiger partial charge in [-0.1, -0.05) is 0 Å². The Bertz CT molecular complexity index is 558. The van der Waals surface area contributed by atoms with Crippen molar-refractivity contribution in [2.24, 2.45) is 7.05 Å². The van der Waals surface area contributed by atoms with Crippen molar-refractivity contribution in [3.05, 3.63) is 47.0 Å². The lowest BCUT2D eigenvalue weighted by Crippen LogP contribution is -2.03. The molecule has 4 heteroatoms. The molecule has 18 heavy (non-hydrogen) atoms. The van der Waals surface area contributed by atoms with Gasteiger partial charge in [-0.05, 0) is 38.0 Å². The first-order chi connectivity index (χ1) is 8.59. The summed E-state index contributed by atoms with van der Waals surface area (Å²) in [6.45, 7) is 4.01. The van der Waals surface area contributed by atoms with Crippen molar-refractivity contribution >= 4 is 5.78 Å². The van der Waals surface area contributed by atoms with E-state index in [0.717, 1.165) is 17.8 Å². The molecule has 94 valence electrons. The van der Waals surface area contributed by atoms with Crippen molar-refractivity contribution in [3.8, 4) is 0 Å². The number of rotatable bonds is 4. The van der Waals surface area contributed by atoms with E-state index in [9.17, 15) is 4.79 Å². The number of aromatic nitrogens is 3. The summed E-state index contributed by atoms with van der Waals surface area (Å²) >= 11 is 0. The van der Waals surface area contributed by atoms with Crippen molar-refractivity contribution in [2.75, 3.05) is 0 Å². The number of carbonyl (C=O) groups excluding carboxylic acids is 1. The second kappa shape index (κ2) is 5.12. The maximum absolute atomic E-state index is 12.0. The first kappa shape index (κ1) is 12.5. The van der Waals surface area contributed by atoms with Gasteiger partial charge in [-0.3, -0.25) is 14.5 Å². The van der Waals surface area contributed by atoms with Crippen molar-refractivity contribution in [1.29, 1.82) is 0 Å². The van der Waals surface area contributed by atoms with E-state index in [1.807, 2.05) is 25.6 Å². The molecule has 0 amide bonds. The van der Waals surface area contributed by atoms with E-state index in [4.69, 9.17) is 0 Å². The van der Waals surface area contributed by atoms with Crippen LogP contribution < -0.4 is 0 Å². The van der Waals surface area contributed by atoms with Gasteiger partial charge in [0.15, 0.2) is 5.78 Å². The standard InChI is InChI=1S/C14H17N3O/c1-10-13(11(2)17(3)16-10)6-7-14(18)12-5-4-8-15-9-12/h4-5,8-9H,6-7H2,1-3H3. The Kier molecular flexibility index (Phi) is 3.55. The summed E-state index contributed by atoms with van der Waals surface area (Å²) in [5.41, 5.74) is 3.99. The maximum Gasteiger partial charge on any atom is 0.164 e. The molecule has 0 aromatic carbocycles. The molecule has 0 unspecified atom stereocenters. The van der Waals surface area contributed by atoms with Crippen LogP contribution in [0.1, 0.15) is 33.7 Å². The second-order valence-corrected chi connectivity index (χ2v) is 4.44. The fourth-order valence-electron chi connectivity index (χ4n) is 2.09. The Morgan fingerprint density at radius 3 is 2.72 bits per heavy atom. The summed E-state index contributed by atoms with van der Waals surface area (Å²) in [5.74, 6) is 0.130. The molecule has 0 spiro atoms. The molecule has 2 heterocycles. The topological polar surface area (TPSA) is 47.8 Å². The summed E-state index contributed by atoms with van der Waals surface area (Å²) in [6, 6.07) is 3.59. The lowest BCUT2D eigenvalue weighted by molar-refractivity contribution is 0.0982. The molecule has 0 atom stereocenters. The molecular formula is C14H17N3O. The number of Topliss-reactive ketones (excluding diaryl/α,β-unsaturated/α-hetero) is 1. The van der Waals surface area contributed by atoms with Gasteiger partial charge in [0.2, 0.25) is 0 Å². The van der Waals surface area contributed by atoms with Crippen LogP contribution in [0.3, 0.4) is 0 Å². The lowest BCUT2D eigenvalue weighted by Gasteiger charge is -2.02. The van der Waals surface area contributed by atoms with Gasteiger partial charge in [0, 0.05) is 37.1 Å². The normalized spacial score (nSPS) is 10.6. The average molecular weight is 243 g/mol. The molecular weight excluding hydrogens is 226 g/mol. The van der Waals surface area contributed by atoms with Crippen molar-refractivity contribution < 1.29 is 4.79 Å². The molecule has 0 radical (unpaired) electrons. The predicted molar refractivity (Wildman–Crippen MR) is 69.6 cm³/mol. The highest BCUT2D eigenvalue weighted by atomic mass is 16.1. The van der Waals surface area contributed by atoms with Crippen LogP contribution in [-0.4, -0.2) is 20.5 Å². The maximum atomic E-state index is 12.0. The van der Waals surface area contributed by atoms with Crippen LogP contribution in [0.25, 0.3) is 0 Å². The molecule has 2 aromatic heterocycles. The fourth-order valence-corrected chi connectivity index (χ4v) is 2.09. The van der Waals surface area contributed by atoms with Gasteiger partial charge >= 0.3 is 0 Å². The number of hydrogen-bond donors (Lipinski definition) is 0. The van der Waals surface area contributed by atoms with E-state index in [1.165, 1.54) is 5.56 Å². The van der Waals surface area contributed by atoms with Gasteiger partial charge in [-0.15, -0.1) is 0 Å². The molecule has 0 aliphatic carbocycles. The number of ketones is 1. The number of nitrogens with zero attached hydrogens (tertiary/aromatic N) is 3. The quantitative estimate of drug-likeness (QED) is 0.774. The van der Waals surface area contributed by atoms with Crippen LogP contribution in [0.5, 0.6) is 0 Å². The highest BCUT2D eigenvalue weighted by Gasteiger charge is 2.12. The van der Waals surface area contributed by atoms with Crippen LogP contribution in [0.2, 0.25) is 0 Å². The van der Waals surface area contributed by atoms with Gasteiger partial charge in [0.05, 0.1) is 5.69 Å². The Morgan fingerprint density at radius 1 is 1.39 bits per heavy atom. The number of hydrogen-bond acceptors (Lipinski definition) is 3. The smallest absolute Gasteiger partial charge is 0.164 e. The molecule has 0 aliphatic heterocycles. The molecule has 0 N–H and O–H groups in total.